The van der Waals surface area contributed by atoms with E-state index in [-0.39, 0.29) is 11.2 Å². The molecule has 1 aromatic rings. The maximum atomic E-state index is 12.5. The fourth-order valence-corrected chi connectivity index (χ4v) is 1.95. The van der Waals surface area contributed by atoms with Crippen LogP contribution in [0.2, 0.25) is 0 Å². The first-order chi connectivity index (χ1) is 8.29. The van der Waals surface area contributed by atoms with Crippen molar-refractivity contribution in [2.45, 2.75) is 31.8 Å². The summed E-state index contributed by atoms with van der Waals surface area (Å²) in [5.41, 5.74) is -0.713. The van der Waals surface area contributed by atoms with Crippen molar-refractivity contribution in [3.05, 3.63) is 23.9 Å². The monoisotopic (exact) mass is 280 g/mol. The SMILES string of the molecule is CC(C)CC(Cl)CNc1cc(C(F)(F)F)ccn1. The van der Waals surface area contributed by atoms with Gasteiger partial charge < -0.3 is 5.32 Å². The first-order valence-corrected chi connectivity index (χ1v) is 6.14. The van der Waals surface area contributed by atoms with Crippen molar-refractivity contribution < 1.29 is 13.2 Å². The third-order valence-corrected chi connectivity index (χ3v) is 2.65. The zero-order chi connectivity index (χ0) is 13.8. The van der Waals surface area contributed by atoms with Crippen molar-refractivity contribution in [3.63, 3.8) is 0 Å². The number of nitrogens with zero attached hydrogens (tertiary/aromatic N) is 1. The van der Waals surface area contributed by atoms with Crippen LogP contribution in [0.25, 0.3) is 0 Å². The van der Waals surface area contributed by atoms with Gasteiger partial charge in [0.2, 0.25) is 0 Å². The minimum Gasteiger partial charge on any atom is -0.369 e. The van der Waals surface area contributed by atoms with Gasteiger partial charge in [0.1, 0.15) is 5.82 Å². The maximum absolute atomic E-state index is 12.5. The van der Waals surface area contributed by atoms with Crippen LogP contribution in [-0.2, 0) is 6.18 Å². The molecule has 0 radical (unpaired) electrons. The summed E-state index contributed by atoms with van der Waals surface area (Å²) in [7, 11) is 0. The Morgan fingerprint density at radius 3 is 2.61 bits per heavy atom. The van der Waals surface area contributed by atoms with Crippen LogP contribution in [0.1, 0.15) is 25.8 Å². The Labute approximate surface area is 110 Å². The van der Waals surface area contributed by atoms with Crippen LogP contribution in [0.4, 0.5) is 19.0 Å². The van der Waals surface area contributed by atoms with Crippen LogP contribution >= 0.6 is 11.6 Å². The molecular formula is C12H16ClF3N2. The molecule has 6 heteroatoms. The molecule has 0 bridgehead atoms. The molecule has 0 aliphatic heterocycles. The van der Waals surface area contributed by atoms with E-state index in [1.54, 1.807) is 0 Å². The molecule has 0 aliphatic rings. The predicted octanol–water partition coefficient (Wildman–Crippen LogP) is 4.17. The van der Waals surface area contributed by atoms with Crippen molar-refractivity contribution in [3.8, 4) is 0 Å². The lowest BCUT2D eigenvalue weighted by atomic mass is 10.1. The van der Waals surface area contributed by atoms with Crippen molar-refractivity contribution in [2.24, 2.45) is 5.92 Å². The second kappa shape index (κ2) is 6.27. The fraction of sp³-hybridized carbons (Fsp3) is 0.583. The Bertz CT molecular complexity index is 380. The second-order valence-corrected chi connectivity index (χ2v) is 5.15. The first kappa shape index (κ1) is 15.1. The van der Waals surface area contributed by atoms with E-state index >= 15 is 0 Å². The summed E-state index contributed by atoms with van der Waals surface area (Å²) in [5.74, 6) is 0.642. The molecule has 0 aromatic carbocycles. The highest BCUT2D eigenvalue weighted by atomic mass is 35.5. The lowest BCUT2D eigenvalue weighted by Crippen LogP contribution is -2.17. The average molecular weight is 281 g/mol. The molecule has 1 heterocycles. The molecule has 1 unspecified atom stereocenters. The molecule has 0 fully saturated rings. The van der Waals surface area contributed by atoms with E-state index in [0.29, 0.717) is 12.5 Å². The van der Waals surface area contributed by atoms with Gasteiger partial charge >= 0.3 is 6.18 Å². The van der Waals surface area contributed by atoms with Crippen LogP contribution in [0.5, 0.6) is 0 Å². The van der Waals surface area contributed by atoms with E-state index in [1.807, 2.05) is 13.8 Å². The standard InChI is InChI=1S/C12H16ClF3N2/c1-8(2)5-10(13)7-18-11-6-9(3-4-17-11)12(14,15)16/h3-4,6,8,10H,5,7H2,1-2H3,(H,17,18). The second-order valence-electron chi connectivity index (χ2n) is 4.54. The molecule has 0 saturated carbocycles. The van der Waals surface area contributed by atoms with Gasteiger partial charge in [-0.15, -0.1) is 11.6 Å². The van der Waals surface area contributed by atoms with Crippen LogP contribution < -0.4 is 5.32 Å². The van der Waals surface area contributed by atoms with Gasteiger partial charge in [0.25, 0.3) is 0 Å². The van der Waals surface area contributed by atoms with Gasteiger partial charge in [-0.1, -0.05) is 13.8 Å². The highest BCUT2D eigenvalue weighted by Crippen LogP contribution is 2.29. The number of halogens is 4. The van der Waals surface area contributed by atoms with E-state index in [0.717, 1.165) is 24.8 Å². The highest BCUT2D eigenvalue weighted by molar-refractivity contribution is 6.20. The number of nitrogens with one attached hydrogen (secondary N) is 1. The zero-order valence-electron chi connectivity index (χ0n) is 10.3. The minimum atomic E-state index is -4.35. The number of alkyl halides is 4. The molecule has 0 saturated heterocycles. The summed E-state index contributed by atoms with van der Waals surface area (Å²) in [6.45, 7) is 4.48. The van der Waals surface area contributed by atoms with Gasteiger partial charge in [-0.25, -0.2) is 4.98 Å². The largest absolute Gasteiger partial charge is 0.416 e. The topological polar surface area (TPSA) is 24.9 Å². The molecule has 102 valence electrons. The molecular weight excluding hydrogens is 265 g/mol. The van der Waals surface area contributed by atoms with Crippen molar-refractivity contribution >= 4 is 17.4 Å². The van der Waals surface area contributed by atoms with Gasteiger partial charge in [-0.2, -0.15) is 13.2 Å². The van der Waals surface area contributed by atoms with Gasteiger partial charge in [-0.05, 0) is 24.5 Å². The molecule has 1 N–H and O–H groups in total. The molecule has 2 nitrogen and oxygen atoms in total. The third-order valence-electron chi connectivity index (χ3n) is 2.32. The lowest BCUT2D eigenvalue weighted by molar-refractivity contribution is -0.137. The van der Waals surface area contributed by atoms with E-state index in [2.05, 4.69) is 10.3 Å². The number of rotatable bonds is 5. The summed E-state index contributed by atoms with van der Waals surface area (Å²) < 4.78 is 37.4. The van der Waals surface area contributed by atoms with Crippen LogP contribution in [0.3, 0.4) is 0 Å². The van der Waals surface area contributed by atoms with Gasteiger partial charge in [0, 0.05) is 12.7 Å². The minimum absolute atomic E-state index is 0.124. The average Bonchev–Trinajstić information content (AvgIpc) is 2.25. The maximum Gasteiger partial charge on any atom is 0.416 e. The van der Waals surface area contributed by atoms with Crippen molar-refractivity contribution in [2.75, 3.05) is 11.9 Å². The van der Waals surface area contributed by atoms with E-state index in [1.165, 1.54) is 0 Å². The number of pyridine rings is 1. The zero-order valence-corrected chi connectivity index (χ0v) is 11.0. The third kappa shape index (κ3) is 5.12. The predicted molar refractivity (Wildman–Crippen MR) is 66.8 cm³/mol. The Hall–Kier alpha value is -0.970. The fourth-order valence-electron chi connectivity index (χ4n) is 1.51. The van der Waals surface area contributed by atoms with E-state index in [9.17, 15) is 13.2 Å². The van der Waals surface area contributed by atoms with E-state index < -0.39 is 11.7 Å². The van der Waals surface area contributed by atoms with Crippen LogP contribution in [0, 0.1) is 5.92 Å². The molecule has 0 amide bonds. The quantitative estimate of drug-likeness (QED) is 0.819. The summed E-state index contributed by atoms with van der Waals surface area (Å²) >= 11 is 6.04. The molecule has 0 aliphatic carbocycles. The Balaban J connectivity index is 2.58. The Kier molecular flexibility index (Phi) is 5.26. The van der Waals surface area contributed by atoms with Gasteiger partial charge in [0.15, 0.2) is 0 Å². The van der Waals surface area contributed by atoms with Crippen molar-refractivity contribution in [1.82, 2.24) is 4.98 Å². The van der Waals surface area contributed by atoms with Crippen molar-refractivity contribution in [1.29, 1.82) is 0 Å². The molecule has 1 rings (SSSR count). The number of hydrogen-bond donors (Lipinski definition) is 1. The summed E-state index contributed by atoms with van der Waals surface area (Å²) in [6.07, 6.45) is -2.41. The highest BCUT2D eigenvalue weighted by Gasteiger charge is 2.30. The Morgan fingerprint density at radius 1 is 1.39 bits per heavy atom. The number of anilines is 1. The smallest absolute Gasteiger partial charge is 0.369 e. The molecule has 0 spiro atoms. The normalized spacial score (nSPS) is 13.7. The van der Waals surface area contributed by atoms with Crippen LogP contribution in [-0.4, -0.2) is 16.9 Å². The number of hydrogen-bond acceptors (Lipinski definition) is 2. The molecule has 1 aromatic heterocycles. The lowest BCUT2D eigenvalue weighted by Gasteiger charge is -2.14. The Morgan fingerprint density at radius 2 is 2.06 bits per heavy atom. The summed E-state index contributed by atoms with van der Waals surface area (Å²) in [5, 5.41) is 2.70. The van der Waals surface area contributed by atoms with Gasteiger partial charge in [0.05, 0.1) is 10.9 Å². The van der Waals surface area contributed by atoms with E-state index in [4.69, 9.17) is 11.6 Å². The van der Waals surface area contributed by atoms with Crippen LogP contribution in [0.15, 0.2) is 18.3 Å². The van der Waals surface area contributed by atoms with Gasteiger partial charge in [-0.3, -0.25) is 0 Å². The summed E-state index contributed by atoms with van der Waals surface area (Å²) in [4.78, 5) is 3.83. The molecule has 1 atom stereocenters. The molecule has 18 heavy (non-hydrogen) atoms. The first-order valence-electron chi connectivity index (χ1n) is 5.70. The summed E-state index contributed by atoms with van der Waals surface area (Å²) in [6, 6.07) is 1.93. The number of aromatic nitrogens is 1.